The second-order valence-electron chi connectivity index (χ2n) is 14.6. The van der Waals surface area contributed by atoms with Crippen LogP contribution in [0.15, 0.2) is 139 Å². The van der Waals surface area contributed by atoms with Gasteiger partial charge in [0.1, 0.15) is 17.3 Å². The van der Waals surface area contributed by atoms with Crippen molar-refractivity contribution in [2.75, 3.05) is 5.73 Å². The quantitative estimate of drug-likeness (QED) is 0.0578. The molecule has 0 fully saturated rings. The maximum Gasteiger partial charge on any atom is 0.417 e. The standard InChI is InChI=1S/C25H18ClF4N3O2.C15H13FN4O.C8H6ClNO/c1-33-14-17(12-32-33)23-11-24(22(27)13-31-23)35-19-5-2-15(3-6-19)8-18(34)9-16-4-7-21(26)20(10-16)25(28,29)30;1-20-9-10(7-19-20)14-6-15(13(16)8-18-14)21-12-4-2-11(17)3-5-12;1-6-4-7(10-5-11)2-3-8(6)9/h2-7,10-14H,8-9H2,1H3;2-9H,17H2,1H3;2-4H,1H3. The van der Waals surface area contributed by atoms with E-state index in [1.54, 1.807) is 121 Å². The van der Waals surface area contributed by atoms with Gasteiger partial charge in [-0.05, 0) is 90.3 Å². The highest BCUT2D eigenvalue weighted by Gasteiger charge is 2.33. The van der Waals surface area contributed by atoms with Crippen LogP contribution in [0.2, 0.25) is 10.0 Å². The number of nitrogens with two attached hydrogens (primary N) is 1. The van der Waals surface area contributed by atoms with Gasteiger partial charge in [-0.3, -0.25) is 24.1 Å². The van der Waals surface area contributed by atoms with Gasteiger partial charge in [0, 0.05) is 73.3 Å². The zero-order chi connectivity index (χ0) is 48.3. The highest BCUT2D eigenvalue weighted by molar-refractivity contribution is 6.31. The van der Waals surface area contributed by atoms with Crippen LogP contribution in [-0.2, 0) is 42.7 Å². The molecule has 0 aliphatic rings. The lowest BCUT2D eigenvalue weighted by Crippen LogP contribution is -2.10. The molecule has 0 spiro atoms. The van der Waals surface area contributed by atoms with Gasteiger partial charge in [-0.2, -0.15) is 28.4 Å². The van der Waals surface area contributed by atoms with Crippen molar-refractivity contribution in [2.24, 2.45) is 19.1 Å². The van der Waals surface area contributed by atoms with Gasteiger partial charge in [-0.1, -0.05) is 41.4 Å². The van der Waals surface area contributed by atoms with Crippen molar-refractivity contribution in [3.05, 3.63) is 178 Å². The summed E-state index contributed by atoms with van der Waals surface area (Å²) in [4.78, 5) is 33.8. The minimum atomic E-state index is -4.60. The van der Waals surface area contributed by atoms with Gasteiger partial charge in [-0.15, -0.1) is 0 Å². The molecule has 4 heterocycles. The lowest BCUT2D eigenvalue weighted by Gasteiger charge is -2.11. The zero-order valence-electron chi connectivity index (χ0n) is 35.6. The molecule has 0 unspecified atom stereocenters. The number of ketones is 1. The summed E-state index contributed by atoms with van der Waals surface area (Å²) in [5, 5.41) is 8.39. The molecule has 0 radical (unpaired) electrons. The number of aryl methyl sites for hydroxylation is 3. The van der Waals surface area contributed by atoms with Crippen LogP contribution in [-0.4, -0.2) is 41.4 Å². The number of carbonyl (C=O) groups is 1. The Kier molecular flexibility index (Phi) is 16.0. The molecular formula is C48H37Cl2F5N8O4. The summed E-state index contributed by atoms with van der Waals surface area (Å²) in [6.07, 6.45) is 5.70. The Morgan fingerprint density at radius 3 is 1.67 bits per heavy atom. The fourth-order valence-electron chi connectivity index (χ4n) is 6.05. The molecule has 0 atom stereocenters. The molecule has 2 N–H and O–H groups in total. The summed E-state index contributed by atoms with van der Waals surface area (Å²) in [6, 6.07) is 24.7. The summed E-state index contributed by atoms with van der Waals surface area (Å²) in [5.41, 5.74) is 10.2. The number of aromatic nitrogens is 6. The number of ether oxygens (including phenoxy) is 2. The number of isocyanates is 1. The zero-order valence-corrected chi connectivity index (χ0v) is 37.1. The molecule has 12 nitrogen and oxygen atoms in total. The molecule has 0 amide bonds. The molecule has 0 aliphatic carbocycles. The van der Waals surface area contributed by atoms with Crippen molar-refractivity contribution in [1.82, 2.24) is 29.5 Å². The van der Waals surface area contributed by atoms with E-state index in [4.69, 9.17) is 38.4 Å². The van der Waals surface area contributed by atoms with Crippen molar-refractivity contribution in [2.45, 2.75) is 25.9 Å². The number of aliphatic imine (C=N–C) groups is 1. The first-order valence-corrected chi connectivity index (χ1v) is 20.5. The Labute approximate surface area is 390 Å². The predicted molar refractivity (Wildman–Crippen MR) is 243 cm³/mol. The number of anilines is 1. The lowest BCUT2D eigenvalue weighted by atomic mass is 10.0. The first kappa shape index (κ1) is 48.7. The molecule has 19 heteroatoms. The predicted octanol–water partition coefficient (Wildman–Crippen LogP) is 12.1. The molecule has 8 aromatic rings. The van der Waals surface area contributed by atoms with Crippen LogP contribution in [0.1, 0.15) is 22.3 Å². The molecule has 8 rings (SSSR count). The Hall–Kier alpha value is -7.72. The van der Waals surface area contributed by atoms with E-state index in [2.05, 4.69) is 25.2 Å². The lowest BCUT2D eigenvalue weighted by molar-refractivity contribution is -0.137. The van der Waals surface area contributed by atoms with Crippen LogP contribution in [0.3, 0.4) is 0 Å². The Morgan fingerprint density at radius 1 is 0.701 bits per heavy atom. The molecule has 0 bridgehead atoms. The van der Waals surface area contributed by atoms with E-state index in [9.17, 15) is 31.5 Å². The Bertz CT molecular complexity index is 3050. The van der Waals surface area contributed by atoms with Crippen molar-refractivity contribution in [3.8, 4) is 45.5 Å². The number of nitrogen functional groups attached to an aromatic ring is 1. The van der Waals surface area contributed by atoms with E-state index in [0.29, 0.717) is 50.4 Å². The van der Waals surface area contributed by atoms with Gasteiger partial charge < -0.3 is 15.2 Å². The van der Waals surface area contributed by atoms with Gasteiger partial charge in [0.05, 0.1) is 52.4 Å². The third-order valence-electron chi connectivity index (χ3n) is 9.36. The second-order valence-corrected chi connectivity index (χ2v) is 15.4. The number of halogens is 7. The Morgan fingerprint density at radius 2 is 1.19 bits per heavy atom. The Balaban J connectivity index is 0.000000194. The third kappa shape index (κ3) is 13.9. The molecule has 0 aliphatic heterocycles. The number of pyridine rings is 2. The van der Waals surface area contributed by atoms with E-state index in [-0.39, 0.29) is 35.7 Å². The van der Waals surface area contributed by atoms with Crippen molar-refractivity contribution < 1.29 is 41.0 Å². The van der Waals surface area contributed by atoms with Crippen molar-refractivity contribution in [1.29, 1.82) is 0 Å². The first-order chi connectivity index (χ1) is 31.9. The van der Waals surface area contributed by atoms with Crippen LogP contribution in [0.5, 0.6) is 23.0 Å². The minimum absolute atomic E-state index is 0.0129. The van der Waals surface area contributed by atoms with Crippen LogP contribution in [0.25, 0.3) is 22.5 Å². The largest absolute Gasteiger partial charge is 0.454 e. The normalized spacial score (nSPS) is 10.8. The highest BCUT2D eigenvalue weighted by Crippen LogP contribution is 2.36. The van der Waals surface area contributed by atoms with E-state index in [1.807, 2.05) is 6.92 Å². The number of alkyl halides is 3. The molecule has 0 saturated carbocycles. The first-order valence-electron chi connectivity index (χ1n) is 19.7. The van der Waals surface area contributed by atoms with Crippen LogP contribution >= 0.6 is 23.2 Å². The number of rotatable bonds is 11. The smallest absolute Gasteiger partial charge is 0.417 e. The molecule has 0 saturated heterocycles. The summed E-state index contributed by atoms with van der Waals surface area (Å²) >= 11 is 11.4. The summed E-state index contributed by atoms with van der Waals surface area (Å²) in [7, 11) is 3.56. The van der Waals surface area contributed by atoms with Crippen LogP contribution in [0.4, 0.5) is 33.3 Å². The maximum atomic E-state index is 14.2. The molecular weight excluding hydrogens is 918 g/mol. The van der Waals surface area contributed by atoms with Crippen LogP contribution in [0, 0.1) is 18.6 Å². The summed E-state index contributed by atoms with van der Waals surface area (Å²) in [6.45, 7) is 1.85. The molecule has 4 aromatic carbocycles. The SMILES string of the molecule is Cc1cc(N=C=O)ccc1Cl.Cn1cc(-c2cc(Oc3ccc(CC(=O)Cc4ccc(Cl)c(C(F)(F)F)c4)cc3)c(F)cn2)cn1.Cn1cc(-c2cc(Oc3ccc(N)cc3)c(F)cn2)cn1. The average molecular weight is 956 g/mol. The van der Waals surface area contributed by atoms with Gasteiger partial charge >= 0.3 is 6.18 Å². The number of Topliss-reactive ketones (excluding diaryl/α,β-unsaturated/α-hetero) is 1. The molecule has 67 heavy (non-hydrogen) atoms. The molecule has 342 valence electrons. The van der Waals surface area contributed by atoms with Gasteiger partial charge in [-0.25, -0.2) is 13.6 Å². The van der Waals surface area contributed by atoms with E-state index in [0.717, 1.165) is 35.7 Å². The van der Waals surface area contributed by atoms with Gasteiger partial charge in [0.25, 0.3) is 0 Å². The monoisotopic (exact) mass is 954 g/mol. The molecule has 4 aromatic heterocycles. The highest BCUT2D eigenvalue weighted by atomic mass is 35.5. The van der Waals surface area contributed by atoms with Gasteiger partial charge in [0.2, 0.25) is 6.08 Å². The van der Waals surface area contributed by atoms with Crippen LogP contribution < -0.4 is 15.2 Å². The number of nitrogens with zero attached hydrogens (tertiary/aromatic N) is 7. The fraction of sp³-hybridized carbons (Fsp3) is 0.125. The third-order valence-corrected chi connectivity index (χ3v) is 10.1. The number of benzene rings is 4. The summed E-state index contributed by atoms with van der Waals surface area (Å²) in [5.74, 6) is -0.505. The van der Waals surface area contributed by atoms with Crippen molar-refractivity contribution in [3.63, 3.8) is 0 Å². The van der Waals surface area contributed by atoms with Gasteiger partial charge in [0.15, 0.2) is 23.1 Å². The van der Waals surface area contributed by atoms with E-state index < -0.39 is 28.4 Å². The van der Waals surface area contributed by atoms with E-state index in [1.165, 1.54) is 18.2 Å². The number of hydrogen-bond acceptors (Lipinski definition) is 10. The maximum absolute atomic E-state index is 14.2. The number of carbonyl (C=O) groups excluding carboxylic acids is 2. The van der Waals surface area contributed by atoms with E-state index >= 15 is 0 Å². The average Bonchev–Trinajstić information content (AvgIpc) is 3.94. The second kappa shape index (κ2) is 22.0. The minimum Gasteiger partial charge on any atom is -0.454 e. The van der Waals surface area contributed by atoms with Crippen molar-refractivity contribution >= 4 is 46.4 Å². The number of hydrogen-bond donors (Lipinski definition) is 1. The fourth-order valence-corrected chi connectivity index (χ4v) is 6.40. The summed E-state index contributed by atoms with van der Waals surface area (Å²) < 4.78 is 81.6. The topological polar surface area (TPSA) is 152 Å².